The maximum Gasteiger partial charge on any atom is 0.408 e. The van der Waals surface area contributed by atoms with E-state index in [4.69, 9.17) is 4.74 Å². The molecule has 2 aromatic rings. The lowest BCUT2D eigenvalue weighted by atomic mass is 9.76. The van der Waals surface area contributed by atoms with E-state index in [1.54, 1.807) is 10.4 Å². The van der Waals surface area contributed by atoms with Crippen LogP contribution in [-0.2, 0) is 20.9 Å². The Morgan fingerprint density at radius 3 is 2.55 bits per heavy atom. The summed E-state index contributed by atoms with van der Waals surface area (Å²) in [4.78, 5) is 46.7. The van der Waals surface area contributed by atoms with Crippen LogP contribution in [0.3, 0.4) is 0 Å². The van der Waals surface area contributed by atoms with Crippen LogP contribution in [0.5, 0.6) is 0 Å². The number of ether oxygens (including phenoxy) is 1. The largest absolute Gasteiger partial charge is 0.465 e. The van der Waals surface area contributed by atoms with Crippen molar-refractivity contribution in [2.45, 2.75) is 64.0 Å². The quantitative estimate of drug-likeness (QED) is 0.382. The van der Waals surface area contributed by atoms with Gasteiger partial charge in [-0.25, -0.2) is 15.3 Å². The van der Waals surface area contributed by atoms with Crippen molar-refractivity contribution in [3.8, 4) is 0 Å². The number of rotatable bonds is 5. The second-order valence-corrected chi connectivity index (χ2v) is 12.1. The number of fused-ring (bicyclic) bond motifs is 1. The summed E-state index contributed by atoms with van der Waals surface area (Å²) in [6, 6.07) is 5.20. The zero-order chi connectivity index (χ0) is 28.0. The molecule has 3 N–H and O–H groups in total. The van der Waals surface area contributed by atoms with Crippen LogP contribution in [0.4, 0.5) is 4.79 Å². The predicted octanol–water partition coefficient (Wildman–Crippen LogP) is 3.07. The van der Waals surface area contributed by atoms with Crippen molar-refractivity contribution >= 4 is 28.9 Å². The predicted molar refractivity (Wildman–Crippen MR) is 145 cm³/mol. The van der Waals surface area contributed by atoms with Crippen molar-refractivity contribution < 1.29 is 29.4 Å². The van der Waals surface area contributed by atoms with Crippen LogP contribution in [0.2, 0.25) is 0 Å². The average Bonchev–Trinajstić information content (AvgIpc) is 3.52. The number of hydroxylamine groups is 1. The van der Waals surface area contributed by atoms with Crippen LogP contribution in [0, 0.1) is 23.2 Å². The molecule has 0 radical (unpaired) electrons. The number of amides is 3. The molecular weight excluding hydrogens is 514 g/mol. The van der Waals surface area contributed by atoms with Crippen molar-refractivity contribution in [1.29, 1.82) is 0 Å². The number of carboxylic acid groups (broad SMARTS) is 1. The summed E-state index contributed by atoms with van der Waals surface area (Å²) in [5.74, 6) is -0.933. The number of hydrogen-bond acceptors (Lipinski definition) is 6. The normalized spacial score (nSPS) is 29.6. The zero-order valence-electron chi connectivity index (χ0n) is 23.0. The Bertz CT molecular complexity index is 1280. The Balaban J connectivity index is 1.18. The summed E-state index contributed by atoms with van der Waals surface area (Å²) in [6.07, 6.45) is 5.27. The van der Waals surface area contributed by atoms with Crippen molar-refractivity contribution in [2.75, 3.05) is 32.8 Å². The third-order valence-corrected chi connectivity index (χ3v) is 10.1. The van der Waals surface area contributed by atoms with Crippen LogP contribution in [0.25, 0.3) is 11.0 Å². The second-order valence-electron chi connectivity index (χ2n) is 12.1. The number of imidazole rings is 1. The number of nitrogens with zero attached hydrogens (tertiary/aromatic N) is 4. The molecule has 4 atom stereocenters. The van der Waals surface area contributed by atoms with E-state index in [-0.39, 0.29) is 23.8 Å². The summed E-state index contributed by atoms with van der Waals surface area (Å²) >= 11 is 0. The van der Waals surface area contributed by atoms with E-state index in [0.717, 1.165) is 49.7 Å². The molecule has 3 amide bonds. The number of aromatic nitrogens is 2. The van der Waals surface area contributed by atoms with Gasteiger partial charge in [0.2, 0.25) is 11.8 Å². The van der Waals surface area contributed by atoms with Crippen molar-refractivity contribution in [1.82, 2.24) is 24.8 Å². The minimum absolute atomic E-state index is 0.248. The summed E-state index contributed by atoms with van der Waals surface area (Å²) in [5.41, 5.74) is 4.69. The SMILES string of the molecule is CCn1cnc2ccc(C3CCN(C(=O)C4C(C(=O)NO)CC5(CC5C5CCOCC5)CN4C(=O)O)CC3)cc21. The summed E-state index contributed by atoms with van der Waals surface area (Å²) in [6.45, 7) is 5.56. The molecule has 3 saturated heterocycles. The Kier molecular flexibility index (Phi) is 7.20. The molecule has 4 heterocycles. The first-order valence-corrected chi connectivity index (χ1v) is 14.6. The highest BCUT2D eigenvalue weighted by Gasteiger charge is 2.64. The number of piperidine rings is 2. The van der Waals surface area contributed by atoms with Crippen LogP contribution >= 0.6 is 0 Å². The molecule has 0 bridgehead atoms. The molecule has 216 valence electrons. The van der Waals surface area contributed by atoms with Gasteiger partial charge < -0.3 is 19.3 Å². The molecule has 1 aromatic heterocycles. The molecule has 3 aliphatic heterocycles. The minimum Gasteiger partial charge on any atom is -0.465 e. The highest BCUT2D eigenvalue weighted by atomic mass is 16.5. The van der Waals surface area contributed by atoms with E-state index in [1.807, 2.05) is 12.4 Å². The van der Waals surface area contributed by atoms with Gasteiger partial charge in [-0.05, 0) is 86.3 Å². The van der Waals surface area contributed by atoms with Gasteiger partial charge in [0.1, 0.15) is 6.04 Å². The number of aryl methyl sites for hydroxylation is 1. The molecule has 6 rings (SSSR count). The van der Waals surface area contributed by atoms with Gasteiger partial charge in [0.15, 0.2) is 0 Å². The lowest BCUT2D eigenvalue weighted by Crippen LogP contribution is -2.62. The first kappa shape index (κ1) is 27.0. The number of carbonyl (C=O) groups is 3. The number of likely N-dealkylation sites (tertiary alicyclic amines) is 2. The van der Waals surface area contributed by atoms with Gasteiger partial charge in [-0.3, -0.25) is 19.7 Å². The fourth-order valence-corrected chi connectivity index (χ4v) is 7.86. The van der Waals surface area contributed by atoms with Crippen LogP contribution < -0.4 is 5.48 Å². The Labute approximate surface area is 233 Å². The molecule has 11 nitrogen and oxygen atoms in total. The highest BCUT2D eigenvalue weighted by molar-refractivity contribution is 5.92. The lowest BCUT2D eigenvalue weighted by Gasteiger charge is -2.45. The second kappa shape index (κ2) is 10.7. The molecule has 1 saturated carbocycles. The van der Waals surface area contributed by atoms with E-state index < -0.39 is 24.0 Å². The van der Waals surface area contributed by atoms with Crippen LogP contribution in [-0.4, -0.2) is 86.5 Å². The molecule has 40 heavy (non-hydrogen) atoms. The Hall–Kier alpha value is -3.18. The van der Waals surface area contributed by atoms with Gasteiger partial charge in [-0.1, -0.05) is 6.07 Å². The molecule has 4 unspecified atom stereocenters. The number of nitrogens with one attached hydrogen (secondary N) is 1. The Morgan fingerprint density at radius 2 is 1.88 bits per heavy atom. The number of carbonyl (C=O) groups excluding carboxylic acids is 2. The van der Waals surface area contributed by atoms with Crippen molar-refractivity contribution in [3.05, 3.63) is 30.1 Å². The Morgan fingerprint density at radius 1 is 1.12 bits per heavy atom. The molecule has 1 aromatic carbocycles. The van der Waals surface area contributed by atoms with Gasteiger partial charge in [0.05, 0.1) is 23.3 Å². The first-order valence-electron chi connectivity index (χ1n) is 14.6. The van der Waals surface area contributed by atoms with Gasteiger partial charge in [0.25, 0.3) is 0 Å². The van der Waals surface area contributed by atoms with Crippen LogP contribution in [0.15, 0.2) is 24.5 Å². The summed E-state index contributed by atoms with van der Waals surface area (Å²) < 4.78 is 7.63. The maximum absolute atomic E-state index is 13.9. The van der Waals surface area contributed by atoms with E-state index >= 15 is 0 Å². The number of benzene rings is 1. The van der Waals surface area contributed by atoms with E-state index in [9.17, 15) is 24.7 Å². The topological polar surface area (TPSA) is 137 Å². The third kappa shape index (κ3) is 4.72. The molecule has 4 fully saturated rings. The molecule has 11 heteroatoms. The fourth-order valence-electron chi connectivity index (χ4n) is 7.86. The van der Waals surface area contributed by atoms with Crippen molar-refractivity contribution in [2.24, 2.45) is 23.2 Å². The summed E-state index contributed by atoms with van der Waals surface area (Å²) in [7, 11) is 0. The third-order valence-electron chi connectivity index (χ3n) is 10.1. The average molecular weight is 554 g/mol. The van der Waals surface area contributed by atoms with E-state index in [1.165, 1.54) is 10.5 Å². The number of hydrogen-bond donors (Lipinski definition) is 3. The van der Waals surface area contributed by atoms with E-state index in [0.29, 0.717) is 44.6 Å². The molecular formula is C29H39N5O6. The van der Waals surface area contributed by atoms with Crippen LogP contribution in [0.1, 0.15) is 56.9 Å². The summed E-state index contributed by atoms with van der Waals surface area (Å²) in [5, 5.41) is 19.8. The standard InChI is InChI=1S/C29H39N5O6/c1-2-32-17-30-23-4-3-20(13-24(23)32)18-5-9-33(10-6-18)27(36)25-21(26(35)31-39)14-29(16-34(25)28(37)38)15-22(29)19-7-11-40-12-8-19/h3-4,13,17-19,21-22,25,39H,2,5-12,14-16H2,1H3,(H,31,35)(H,37,38). The van der Waals surface area contributed by atoms with Gasteiger partial charge in [-0.15, -0.1) is 0 Å². The molecule has 1 aliphatic carbocycles. The maximum atomic E-state index is 13.9. The molecule has 1 spiro atoms. The van der Waals surface area contributed by atoms with Gasteiger partial charge >= 0.3 is 6.09 Å². The fraction of sp³-hybridized carbons (Fsp3) is 0.655. The van der Waals surface area contributed by atoms with Gasteiger partial charge in [-0.2, -0.15) is 0 Å². The highest BCUT2D eigenvalue weighted by Crippen LogP contribution is 2.64. The van der Waals surface area contributed by atoms with Crippen molar-refractivity contribution in [3.63, 3.8) is 0 Å². The first-order chi connectivity index (χ1) is 19.3. The minimum atomic E-state index is -1.19. The van der Waals surface area contributed by atoms with Gasteiger partial charge in [0, 0.05) is 39.4 Å². The molecule has 4 aliphatic rings. The lowest BCUT2D eigenvalue weighted by molar-refractivity contribution is -0.151. The monoisotopic (exact) mass is 553 g/mol. The smallest absolute Gasteiger partial charge is 0.408 e. The zero-order valence-corrected chi connectivity index (χ0v) is 23.0. The van der Waals surface area contributed by atoms with E-state index in [2.05, 4.69) is 28.6 Å².